The Morgan fingerprint density at radius 1 is 0.792 bits per heavy atom. The van der Waals surface area contributed by atoms with Crippen LogP contribution in [0.3, 0.4) is 0 Å². The van der Waals surface area contributed by atoms with Crippen LogP contribution in [0.1, 0.15) is 52.7 Å². The molecule has 0 unspecified atom stereocenters. The third kappa shape index (κ3) is 1.98. The molecule has 2 heterocycles. The van der Waals surface area contributed by atoms with Gasteiger partial charge in [-0.2, -0.15) is 0 Å². The van der Waals surface area contributed by atoms with Gasteiger partial charge in [0.05, 0.1) is 0 Å². The summed E-state index contributed by atoms with van der Waals surface area (Å²) in [5, 5.41) is 11.0. The smallest absolute Gasteiger partial charge is 0.146 e. The molecule has 0 spiro atoms. The second-order valence-electron chi connectivity index (χ2n) is 8.75. The minimum Gasteiger partial charge on any atom is -0.505 e. The van der Waals surface area contributed by atoms with Gasteiger partial charge >= 0.3 is 0 Å². The zero-order chi connectivity index (χ0) is 17.4. The van der Waals surface area contributed by atoms with Crippen molar-refractivity contribution in [3.05, 3.63) is 47.5 Å². The van der Waals surface area contributed by atoms with Crippen LogP contribution in [0, 0.1) is 0 Å². The number of fused-ring (bicyclic) bond motifs is 4. The lowest BCUT2D eigenvalue weighted by Crippen LogP contribution is -2.17. The fraction of sp³-hybridized carbons (Fsp3) is 0.400. The quantitative estimate of drug-likeness (QED) is 0.540. The molecule has 0 aliphatic rings. The van der Waals surface area contributed by atoms with Crippen LogP contribution in [0.2, 0.25) is 0 Å². The largest absolute Gasteiger partial charge is 0.505 e. The summed E-state index contributed by atoms with van der Waals surface area (Å²) >= 11 is 0. The van der Waals surface area contributed by atoms with Gasteiger partial charge in [-0.15, -0.1) is 14.1 Å². The van der Waals surface area contributed by atoms with E-state index < -0.39 is 0 Å². The molecule has 0 amide bonds. The lowest BCUT2D eigenvalue weighted by atomic mass is 9.80. The van der Waals surface area contributed by atoms with Crippen LogP contribution in [-0.4, -0.2) is 19.2 Å². The predicted molar refractivity (Wildman–Crippen MR) is 97.9 cm³/mol. The molecule has 2 aromatic carbocycles. The SMILES string of the molecule is CC(C)(C)c1cc(-n2n3c4ccccc4n23)c(O)c(C(C)(C)C)c1. The van der Waals surface area contributed by atoms with E-state index in [0.717, 1.165) is 11.3 Å². The number of aromatic hydroxyl groups is 1. The third-order valence-electron chi connectivity index (χ3n) is 4.80. The van der Waals surface area contributed by atoms with Crippen LogP contribution in [0.25, 0.3) is 16.7 Å². The Labute approximate surface area is 142 Å². The first-order valence-corrected chi connectivity index (χ1v) is 8.48. The molecule has 0 radical (unpaired) electrons. The fourth-order valence-electron chi connectivity index (χ4n) is 3.27. The molecule has 0 saturated carbocycles. The third-order valence-corrected chi connectivity index (χ3v) is 4.80. The molecule has 4 nitrogen and oxygen atoms in total. The number of rotatable bonds is 1. The van der Waals surface area contributed by atoms with Crippen LogP contribution in [-0.2, 0) is 10.8 Å². The number of phenolic OH excluding ortho intramolecular Hbond substituents is 1. The van der Waals surface area contributed by atoms with Gasteiger partial charge in [-0.3, -0.25) is 0 Å². The molecule has 24 heavy (non-hydrogen) atoms. The molecule has 0 fully saturated rings. The van der Waals surface area contributed by atoms with E-state index in [1.54, 1.807) is 0 Å². The highest BCUT2D eigenvalue weighted by Crippen LogP contribution is 2.41. The van der Waals surface area contributed by atoms with Crippen molar-refractivity contribution in [3.63, 3.8) is 0 Å². The zero-order valence-corrected chi connectivity index (χ0v) is 15.3. The van der Waals surface area contributed by atoms with Crippen molar-refractivity contribution in [1.82, 2.24) is 14.1 Å². The van der Waals surface area contributed by atoms with Crippen LogP contribution in [0.15, 0.2) is 36.4 Å². The van der Waals surface area contributed by atoms with E-state index in [9.17, 15) is 5.11 Å². The van der Waals surface area contributed by atoms with Crippen molar-refractivity contribution in [3.8, 4) is 11.4 Å². The van der Waals surface area contributed by atoms with Gasteiger partial charge in [-0.25, -0.2) is 0 Å². The van der Waals surface area contributed by atoms with Gasteiger partial charge in [0, 0.05) is 5.56 Å². The van der Waals surface area contributed by atoms with E-state index in [4.69, 9.17) is 0 Å². The lowest BCUT2D eigenvalue weighted by molar-refractivity contribution is 0.441. The van der Waals surface area contributed by atoms with Gasteiger partial charge in [0.15, 0.2) is 0 Å². The molecule has 0 bridgehead atoms. The van der Waals surface area contributed by atoms with Gasteiger partial charge in [-0.1, -0.05) is 59.7 Å². The number of benzene rings is 2. The molecule has 1 N–H and O–H groups in total. The van der Waals surface area contributed by atoms with E-state index in [0.29, 0.717) is 5.75 Å². The molecule has 0 aliphatic heterocycles. The van der Waals surface area contributed by atoms with E-state index in [2.05, 4.69) is 75.1 Å². The molecular weight excluding hydrogens is 298 g/mol. The van der Waals surface area contributed by atoms with Crippen molar-refractivity contribution < 1.29 is 5.11 Å². The fourth-order valence-corrected chi connectivity index (χ4v) is 3.27. The highest BCUT2D eigenvalue weighted by Gasteiger charge is 2.30. The van der Waals surface area contributed by atoms with Crippen molar-refractivity contribution >= 4 is 11.0 Å². The van der Waals surface area contributed by atoms with Gasteiger partial charge in [0.2, 0.25) is 0 Å². The van der Waals surface area contributed by atoms with Gasteiger partial charge in [-0.05, 0) is 34.6 Å². The average Bonchev–Trinajstić information content (AvgIpc) is 3.11. The first kappa shape index (κ1) is 15.2. The van der Waals surface area contributed by atoms with E-state index in [1.807, 2.05) is 16.9 Å². The number of hydrogen-bond donors (Lipinski definition) is 1. The maximum atomic E-state index is 11.0. The first-order valence-electron chi connectivity index (χ1n) is 8.48. The first-order chi connectivity index (χ1) is 11.1. The molecule has 0 atom stereocenters. The second-order valence-corrected chi connectivity index (χ2v) is 8.75. The summed E-state index contributed by atoms with van der Waals surface area (Å²) in [6, 6.07) is 12.5. The summed E-state index contributed by atoms with van der Waals surface area (Å²) in [5.41, 5.74) is 5.33. The van der Waals surface area contributed by atoms with Gasteiger partial charge in [0.25, 0.3) is 0 Å². The zero-order valence-electron chi connectivity index (χ0n) is 15.3. The van der Waals surface area contributed by atoms with Gasteiger partial charge < -0.3 is 5.11 Å². The maximum Gasteiger partial charge on any atom is 0.146 e. The van der Waals surface area contributed by atoms with Gasteiger partial charge in [0.1, 0.15) is 22.5 Å². The Hall–Kier alpha value is -2.36. The lowest BCUT2D eigenvalue weighted by Gasteiger charge is -2.26. The summed E-state index contributed by atoms with van der Waals surface area (Å²) in [4.78, 5) is 2.05. The molecule has 126 valence electrons. The standard InChI is InChI=1S/C20H25N3O/c1-19(2,3)13-11-14(20(4,5)6)18(24)17(12-13)23-21-15-9-7-8-10-16(15)22(21)23/h7-12,24H,1-6H3. The van der Waals surface area contributed by atoms with Crippen LogP contribution >= 0.6 is 0 Å². The summed E-state index contributed by atoms with van der Waals surface area (Å²) in [7, 11) is 0. The summed E-state index contributed by atoms with van der Waals surface area (Å²) in [6.07, 6.45) is 0. The number of phenols is 1. The molecule has 4 aromatic rings. The van der Waals surface area contributed by atoms with Crippen LogP contribution in [0.4, 0.5) is 0 Å². The monoisotopic (exact) mass is 323 g/mol. The van der Waals surface area contributed by atoms with Crippen molar-refractivity contribution in [2.24, 2.45) is 0 Å². The highest BCUT2D eigenvalue weighted by molar-refractivity contribution is 5.79. The summed E-state index contributed by atoms with van der Waals surface area (Å²) in [6.45, 7) is 13.1. The second kappa shape index (κ2) is 4.38. The van der Waals surface area contributed by atoms with Crippen LogP contribution < -0.4 is 0 Å². The molecular formula is C20H25N3O. The summed E-state index contributed by atoms with van der Waals surface area (Å²) in [5.74, 6) is 0.371. The van der Waals surface area contributed by atoms with E-state index >= 15 is 0 Å². The normalized spacial score (nSPS) is 13.6. The number of para-hydroxylation sites is 2. The number of hydrogen-bond acceptors (Lipinski definition) is 1. The summed E-state index contributed by atoms with van der Waals surface area (Å²) < 4.78 is 4.17. The van der Waals surface area contributed by atoms with Crippen LogP contribution in [0.5, 0.6) is 5.75 Å². The van der Waals surface area contributed by atoms with Crippen molar-refractivity contribution in [2.45, 2.75) is 52.4 Å². The van der Waals surface area contributed by atoms with Crippen molar-refractivity contribution in [1.29, 1.82) is 0 Å². The number of nitrogens with zero attached hydrogens (tertiary/aromatic N) is 3. The average molecular weight is 323 g/mol. The van der Waals surface area contributed by atoms with E-state index in [1.165, 1.54) is 16.6 Å². The predicted octanol–water partition coefficient (Wildman–Crippen LogP) is 4.72. The maximum absolute atomic E-state index is 11.0. The molecule has 0 aliphatic carbocycles. The topological polar surface area (TPSA) is 34.0 Å². The minimum atomic E-state index is -0.118. The Morgan fingerprint density at radius 2 is 1.33 bits per heavy atom. The molecule has 4 rings (SSSR count). The Kier molecular flexibility index (Phi) is 2.77. The molecule has 2 aromatic heterocycles. The Morgan fingerprint density at radius 3 is 1.79 bits per heavy atom. The van der Waals surface area contributed by atoms with E-state index in [-0.39, 0.29) is 10.8 Å². The number of aromatic nitrogens is 3. The molecule has 4 heteroatoms. The Bertz CT molecular complexity index is 989. The Balaban J connectivity index is 1.99. The van der Waals surface area contributed by atoms with Crippen molar-refractivity contribution in [2.75, 3.05) is 0 Å². The highest BCUT2D eigenvalue weighted by atomic mass is 16.3. The molecule has 0 saturated heterocycles. The minimum absolute atomic E-state index is 0.0228.